The molecule has 3 N–H and O–H groups in total. The van der Waals surface area contributed by atoms with Gasteiger partial charge in [0.1, 0.15) is 5.82 Å². The maximum atomic E-state index is 10.3. The summed E-state index contributed by atoms with van der Waals surface area (Å²) < 4.78 is 0. The second-order valence-electron chi connectivity index (χ2n) is 7.48. The summed E-state index contributed by atoms with van der Waals surface area (Å²) in [6.07, 6.45) is 6.68. The van der Waals surface area contributed by atoms with Crippen molar-refractivity contribution in [3.63, 3.8) is 0 Å². The molecule has 1 heterocycles. The minimum absolute atomic E-state index is 0.0385. The summed E-state index contributed by atoms with van der Waals surface area (Å²) in [5.41, 5.74) is 1.02. The van der Waals surface area contributed by atoms with Crippen LogP contribution < -0.4 is 5.32 Å². The Labute approximate surface area is 138 Å². The van der Waals surface area contributed by atoms with Crippen LogP contribution in [0.5, 0.6) is 0 Å². The number of aliphatic hydroxyl groups excluding tert-OH is 2. The lowest BCUT2D eigenvalue weighted by molar-refractivity contribution is 0.0714. The third kappa shape index (κ3) is 3.73. The number of aliphatic hydroxyl groups is 2. The molecule has 0 aromatic carbocycles. The normalized spacial score (nSPS) is 31.5. The van der Waals surface area contributed by atoms with Gasteiger partial charge in [0.25, 0.3) is 0 Å². The first-order valence-corrected chi connectivity index (χ1v) is 8.95. The molecule has 2 saturated carbocycles. The second kappa shape index (κ2) is 7.24. The quantitative estimate of drug-likeness (QED) is 0.743. The van der Waals surface area contributed by atoms with Crippen molar-refractivity contribution in [3.8, 4) is 0 Å². The number of aromatic nitrogens is 2. The zero-order chi connectivity index (χ0) is 16.4. The van der Waals surface area contributed by atoms with Crippen molar-refractivity contribution in [2.75, 3.05) is 6.61 Å². The van der Waals surface area contributed by atoms with Crippen LogP contribution in [0.4, 0.5) is 0 Å². The summed E-state index contributed by atoms with van der Waals surface area (Å²) >= 11 is 0. The summed E-state index contributed by atoms with van der Waals surface area (Å²) in [4.78, 5) is 9.01. The van der Waals surface area contributed by atoms with Crippen LogP contribution in [0.3, 0.4) is 0 Å². The van der Waals surface area contributed by atoms with Gasteiger partial charge in [-0.25, -0.2) is 9.97 Å². The molecule has 1 aromatic rings. The van der Waals surface area contributed by atoms with Crippen LogP contribution in [0.2, 0.25) is 0 Å². The minimum atomic E-state index is -0.422. The molecule has 5 heteroatoms. The zero-order valence-electron chi connectivity index (χ0n) is 14.2. The van der Waals surface area contributed by atoms with E-state index in [2.05, 4.69) is 29.1 Å². The van der Waals surface area contributed by atoms with Crippen molar-refractivity contribution in [1.29, 1.82) is 0 Å². The summed E-state index contributed by atoms with van der Waals surface area (Å²) in [7, 11) is 0. The molecule has 4 atom stereocenters. The number of nitrogens with zero attached hydrogens (tertiary/aromatic N) is 2. The molecule has 0 aliphatic heterocycles. The molecule has 0 saturated heterocycles. The van der Waals surface area contributed by atoms with Gasteiger partial charge in [0, 0.05) is 42.4 Å². The van der Waals surface area contributed by atoms with Gasteiger partial charge >= 0.3 is 0 Å². The van der Waals surface area contributed by atoms with Gasteiger partial charge in [-0.05, 0) is 37.7 Å². The minimum Gasteiger partial charge on any atom is -0.396 e. The number of hydrogen-bond acceptors (Lipinski definition) is 5. The number of nitrogens with one attached hydrogen (secondary N) is 1. The number of hydrogen-bond donors (Lipinski definition) is 3. The Kier molecular flexibility index (Phi) is 5.29. The first kappa shape index (κ1) is 16.8. The lowest BCUT2D eigenvalue weighted by Crippen LogP contribution is -2.45. The lowest BCUT2D eigenvalue weighted by atomic mass is 9.86. The van der Waals surface area contributed by atoms with E-state index in [4.69, 9.17) is 0 Å². The fourth-order valence-electron chi connectivity index (χ4n) is 3.86. The highest BCUT2D eigenvalue weighted by Gasteiger charge is 2.43. The highest BCUT2D eigenvalue weighted by Crippen LogP contribution is 2.36. The van der Waals surface area contributed by atoms with Crippen molar-refractivity contribution in [2.24, 2.45) is 11.8 Å². The van der Waals surface area contributed by atoms with Crippen LogP contribution in [0.25, 0.3) is 0 Å². The molecular formula is C18H29N3O2. The Morgan fingerprint density at radius 3 is 2.70 bits per heavy atom. The molecule has 2 aliphatic carbocycles. The van der Waals surface area contributed by atoms with Gasteiger partial charge in [-0.1, -0.05) is 20.3 Å². The maximum absolute atomic E-state index is 10.3. The monoisotopic (exact) mass is 319 g/mol. The third-order valence-corrected chi connectivity index (χ3v) is 5.52. The highest BCUT2D eigenvalue weighted by molar-refractivity contribution is 5.09. The maximum Gasteiger partial charge on any atom is 0.131 e. The molecule has 5 nitrogen and oxygen atoms in total. The fourth-order valence-corrected chi connectivity index (χ4v) is 3.86. The highest BCUT2D eigenvalue weighted by atomic mass is 16.3. The van der Waals surface area contributed by atoms with Crippen LogP contribution in [0.15, 0.2) is 12.3 Å². The predicted octanol–water partition coefficient (Wildman–Crippen LogP) is 1.64. The van der Waals surface area contributed by atoms with Crippen LogP contribution in [0.1, 0.15) is 57.0 Å². The summed E-state index contributed by atoms with van der Waals surface area (Å²) in [5.74, 6) is 1.34. The van der Waals surface area contributed by atoms with E-state index in [1.807, 2.05) is 12.3 Å². The smallest absolute Gasteiger partial charge is 0.131 e. The molecule has 2 aliphatic rings. The largest absolute Gasteiger partial charge is 0.396 e. The van der Waals surface area contributed by atoms with Crippen LogP contribution in [-0.2, 0) is 6.42 Å². The molecule has 0 unspecified atom stereocenters. The SMILES string of the molecule is CC(C)c1nccc(C[C@@H]2[C@@H](CO)[C@H](O)C[C@H]2NC2CCC2)n1. The lowest BCUT2D eigenvalue weighted by Gasteiger charge is -2.33. The Balaban J connectivity index is 1.74. The van der Waals surface area contributed by atoms with Crippen LogP contribution in [-0.4, -0.2) is 45.0 Å². The Hall–Kier alpha value is -1.04. The molecule has 0 spiro atoms. The standard InChI is InChI=1S/C18H29N3O2/c1-11(2)18-19-7-6-13(21-18)8-14-15(10-22)17(23)9-16(14)20-12-4-3-5-12/h6-7,11-12,14-17,20,22-23H,3-5,8-10H2,1-2H3/t14-,15-,16-,17-/m1/s1. The van der Waals surface area contributed by atoms with Crippen molar-refractivity contribution in [3.05, 3.63) is 23.8 Å². The van der Waals surface area contributed by atoms with Crippen molar-refractivity contribution in [2.45, 2.75) is 70.1 Å². The van der Waals surface area contributed by atoms with E-state index in [1.54, 1.807) is 0 Å². The van der Waals surface area contributed by atoms with E-state index in [-0.39, 0.29) is 24.5 Å². The van der Waals surface area contributed by atoms with E-state index < -0.39 is 6.10 Å². The molecule has 1 aromatic heterocycles. The first-order chi connectivity index (χ1) is 11.1. The topological polar surface area (TPSA) is 78.3 Å². The van der Waals surface area contributed by atoms with E-state index in [0.29, 0.717) is 12.0 Å². The van der Waals surface area contributed by atoms with E-state index in [0.717, 1.165) is 24.4 Å². The molecule has 0 radical (unpaired) electrons. The third-order valence-electron chi connectivity index (χ3n) is 5.52. The van der Waals surface area contributed by atoms with E-state index >= 15 is 0 Å². The van der Waals surface area contributed by atoms with E-state index in [1.165, 1.54) is 19.3 Å². The average molecular weight is 319 g/mol. The Bertz CT molecular complexity index is 519. The van der Waals surface area contributed by atoms with Crippen LogP contribution in [0, 0.1) is 11.8 Å². The fraction of sp³-hybridized carbons (Fsp3) is 0.778. The van der Waals surface area contributed by atoms with Gasteiger partial charge in [-0.2, -0.15) is 0 Å². The zero-order valence-corrected chi connectivity index (χ0v) is 14.2. The van der Waals surface area contributed by atoms with Gasteiger partial charge < -0.3 is 15.5 Å². The van der Waals surface area contributed by atoms with Crippen molar-refractivity contribution < 1.29 is 10.2 Å². The molecule has 0 amide bonds. The van der Waals surface area contributed by atoms with E-state index in [9.17, 15) is 10.2 Å². The Morgan fingerprint density at radius 2 is 2.09 bits per heavy atom. The summed E-state index contributed by atoms with van der Waals surface area (Å²) in [6, 6.07) is 2.82. The molecule has 2 fully saturated rings. The molecule has 3 rings (SSSR count). The summed E-state index contributed by atoms with van der Waals surface area (Å²) in [5, 5.41) is 23.8. The van der Waals surface area contributed by atoms with Gasteiger partial charge in [0.05, 0.1) is 6.10 Å². The Morgan fingerprint density at radius 1 is 1.30 bits per heavy atom. The summed E-state index contributed by atoms with van der Waals surface area (Å²) in [6.45, 7) is 4.22. The van der Waals surface area contributed by atoms with Gasteiger partial charge in [0.2, 0.25) is 0 Å². The molecule has 128 valence electrons. The second-order valence-corrected chi connectivity index (χ2v) is 7.48. The molecule has 0 bridgehead atoms. The van der Waals surface area contributed by atoms with Crippen molar-refractivity contribution >= 4 is 0 Å². The van der Waals surface area contributed by atoms with Gasteiger partial charge in [0.15, 0.2) is 0 Å². The van der Waals surface area contributed by atoms with Crippen LogP contribution >= 0.6 is 0 Å². The van der Waals surface area contributed by atoms with Gasteiger partial charge in [-0.15, -0.1) is 0 Å². The molecular weight excluding hydrogens is 290 g/mol. The van der Waals surface area contributed by atoms with Gasteiger partial charge in [-0.3, -0.25) is 0 Å². The molecule has 23 heavy (non-hydrogen) atoms. The first-order valence-electron chi connectivity index (χ1n) is 8.95. The predicted molar refractivity (Wildman–Crippen MR) is 89.1 cm³/mol. The van der Waals surface area contributed by atoms with Crippen molar-refractivity contribution in [1.82, 2.24) is 15.3 Å². The average Bonchev–Trinajstić information content (AvgIpc) is 2.78. The number of rotatable bonds is 6.